The Morgan fingerprint density at radius 3 is 2.86 bits per heavy atom. The van der Waals surface area contributed by atoms with Crippen LogP contribution in [0.5, 0.6) is 11.5 Å². The first-order chi connectivity index (χ1) is 17.6. The van der Waals surface area contributed by atoms with Gasteiger partial charge in [-0.3, -0.25) is 9.59 Å². The molecule has 1 amide bonds. The van der Waals surface area contributed by atoms with E-state index in [9.17, 15) is 22.4 Å². The van der Waals surface area contributed by atoms with Crippen LogP contribution in [0.3, 0.4) is 0 Å². The van der Waals surface area contributed by atoms with E-state index in [-0.39, 0.29) is 54.4 Å². The SMILES string of the molecule is COc1cccc(CNC(=O)c2nc3ccc(F)c(OCCC4CC(NS(C)(=O)=O)CO4)c3c(=O)[nH]2)c1. The number of benzene rings is 2. The van der Waals surface area contributed by atoms with Crippen molar-refractivity contribution in [3.05, 3.63) is 64.0 Å². The van der Waals surface area contributed by atoms with Crippen molar-refractivity contribution in [2.75, 3.05) is 26.6 Å². The molecule has 1 aromatic heterocycles. The summed E-state index contributed by atoms with van der Waals surface area (Å²) in [4.78, 5) is 32.0. The lowest BCUT2D eigenvalue weighted by molar-refractivity contribution is 0.0886. The lowest BCUT2D eigenvalue weighted by Crippen LogP contribution is -2.34. The van der Waals surface area contributed by atoms with Crippen LogP contribution in [0.4, 0.5) is 4.39 Å². The van der Waals surface area contributed by atoms with Gasteiger partial charge in [0.25, 0.3) is 11.5 Å². The molecule has 0 radical (unpaired) electrons. The highest BCUT2D eigenvalue weighted by Crippen LogP contribution is 2.26. The predicted molar refractivity (Wildman–Crippen MR) is 133 cm³/mol. The second kappa shape index (κ2) is 11.2. The van der Waals surface area contributed by atoms with Crippen molar-refractivity contribution in [2.24, 2.45) is 0 Å². The number of aromatic amines is 1. The molecular weight excluding hydrogens is 507 g/mol. The average molecular weight is 535 g/mol. The standard InChI is InChI=1S/C24H27FN4O7S/c1-34-16-5-3-4-14(10-16)12-26-24(31)22-27-19-7-6-18(25)21(20(19)23(30)28-22)35-9-8-17-11-15(13-36-17)29-37(2,32)33/h3-7,10,15,17,29H,8-9,11-13H2,1-2H3,(H,26,31)(H,27,28,30). The highest BCUT2D eigenvalue weighted by molar-refractivity contribution is 7.88. The second-order valence-electron chi connectivity index (χ2n) is 8.63. The van der Waals surface area contributed by atoms with E-state index >= 15 is 0 Å². The minimum Gasteiger partial charge on any atom is -0.497 e. The highest BCUT2D eigenvalue weighted by atomic mass is 32.2. The van der Waals surface area contributed by atoms with Gasteiger partial charge in [-0.2, -0.15) is 0 Å². The largest absolute Gasteiger partial charge is 0.497 e. The van der Waals surface area contributed by atoms with Crippen molar-refractivity contribution in [3.8, 4) is 11.5 Å². The zero-order chi connectivity index (χ0) is 26.6. The molecule has 1 saturated heterocycles. The number of fused-ring (bicyclic) bond motifs is 1. The summed E-state index contributed by atoms with van der Waals surface area (Å²) in [5.74, 6) is -1.22. The van der Waals surface area contributed by atoms with Gasteiger partial charge in [0.15, 0.2) is 17.4 Å². The maximum Gasteiger partial charge on any atom is 0.287 e. The van der Waals surface area contributed by atoms with E-state index in [1.54, 1.807) is 25.3 Å². The smallest absolute Gasteiger partial charge is 0.287 e. The molecule has 0 spiro atoms. The molecule has 2 aromatic carbocycles. The molecule has 1 aliphatic rings. The fourth-order valence-corrected chi connectivity index (χ4v) is 4.83. The number of hydrogen-bond donors (Lipinski definition) is 3. The summed E-state index contributed by atoms with van der Waals surface area (Å²) in [6.07, 6.45) is 1.60. The summed E-state index contributed by atoms with van der Waals surface area (Å²) in [5.41, 5.74) is 0.167. The molecule has 1 fully saturated rings. The molecule has 4 rings (SSSR count). The molecule has 1 aliphatic heterocycles. The van der Waals surface area contributed by atoms with Gasteiger partial charge < -0.3 is 24.5 Å². The lowest BCUT2D eigenvalue weighted by atomic mass is 10.1. The number of nitrogens with zero attached hydrogens (tertiary/aromatic N) is 1. The highest BCUT2D eigenvalue weighted by Gasteiger charge is 2.27. The quantitative estimate of drug-likeness (QED) is 0.354. The number of carbonyl (C=O) groups excluding carboxylic acids is 1. The Morgan fingerprint density at radius 1 is 1.30 bits per heavy atom. The number of ether oxygens (including phenoxy) is 3. The van der Waals surface area contributed by atoms with Gasteiger partial charge in [0.2, 0.25) is 10.0 Å². The number of rotatable bonds is 10. The fraction of sp³-hybridized carbons (Fsp3) is 0.375. The molecule has 0 aliphatic carbocycles. The number of H-pyrrole nitrogens is 1. The number of sulfonamides is 1. The number of aromatic nitrogens is 2. The molecule has 11 nitrogen and oxygen atoms in total. The first-order valence-electron chi connectivity index (χ1n) is 11.5. The van der Waals surface area contributed by atoms with Crippen LogP contribution in [0.1, 0.15) is 29.0 Å². The molecule has 0 bridgehead atoms. The third-order valence-electron chi connectivity index (χ3n) is 5.73. The first-order valence-corrected chi connectivity index (χ1v) is 13.4. The third-order valence-corrected chi connectivity index (χ3v) is 6.49. The van der Waals surface area contributed by atoms with E-state index in [0.29, 0.717) is 18.6 Å². The molecule has 37 heavy (non-hydrogen) atoms. The van der Waals surface area contributed by atoms with Crippen molar-refractivity contribution < 1.29 is 31.8 Å². The third kappa shape index (κ3) is 6.81. The monoisotopic (exact) mass is 534 g/mol. The van der Waals surface area contributed by atoms with Crippen LogP contribution in [0, 0.1) is 5.82 Å². The summed E-state index contributed by atoms with van der Waals surface area (Å²) in [5, 5.41) is 2.56. The molecule has 13 heteroatoms. The maximum absolute atomic E-state index is 14.6. The van der Waals surface area contributed by atoms with Crippen molar-refractivity contribution in [2.45, 2.75) is 31.5 Å². The fourth-order valence-electron chi connectivity index (χ4n) is 4.06. The van der Waals surface area contributed by atoms with Gasteiger partial charge in [-0.25, -0.2) is 22.5 Å². The zero-order valence-electron chi connectivity index (χ0n) is 20.2. The molecule has 3 N–H and O–H groups in total. The number of amides is 1. The van der Waals surface area contributed by atoms with E-state index in [0.717, 1.165) is 17.9 Å². The summed E-state index contributed by atoms with van der Waals surface area (Å²) in [6.45, 7) is 0.431. The van der Waals surface area contributed by atoms with Gasteiger partial charge in [0.1, 0.15) is 11.1 Å². The summed E-state index contributed by atoms with van der Waals surface area (Å²) < 4.78 is 56.1. The molecule has 0 saturated carbocycles. The van der Waals surface area contributed by atoms with Gasteiger partial charge in [-0.1, -0.05) is 12.1 Å². The Balaban J connectivity index is 1.42. The van der Waals surface area contributed by atoms with E-state index in [4.69, 9.17) is 14.2 Å². The summed E-state index contributed by atoms with van der Waals surface area (Å²) in [7, 11) is -1.81. The van der Waals surface area contributed by atoms with Gasteiger partial charge in [0, 0.05) is 19.0 Å². The van der Waals surface area contributed by atoms with Crippen LogP contribution >= 0.6 is 0 Å². The number of halogens is 1. The number of hydrogen-bond acceptors (Lipinski definition) is 8. The van der Waals surface area contributed by atoms with E-state index in [1.165, 1.54) is 6.07 Å². The number of carbonyl (C=O) groups is 1. The Kier molecular flexibility index (Phi) is 8.05. The van der Waals surface area contributed by atoms with Gasteiger partial charge in [-0.05, 0) is 36.2 Å². The minimum atomic E-state index is -3.35. The molecule has 2 heterocycles. The molecule has 2 unspecified atom stereocenters. The number of nitrogens with one attached hydrogen (secondary N) is 3. The van der Waals surface area contributed by atoms with E-state index in [1.807, 2.05) is 6.07 Å². The Hall–Kier alpha value is -3.55. The molecule has 198 valence electrons. The Bertz CT molecular complexity index is 1460. The van der Waals surface area contributed by atoms with Crippen molar-refractivity contribution >= 4 is 26.8 Å². The summed E-state index contributed by atoms with van der Waals surface area (Å²) >= 11 is 0. The van der Waals surface area contributed by atoms with Crippen LogP contribution in [0.25, 0.3) is 10.9 Å². The normalized spacial score (nSPS) is 17.6. The maximum atomic E-state index is 14.6. The van der Waals surface area contributed by atoms with Crippen LogP contribution in [-0.2, 0) is 21.3 Å². The Labute approximate surface area is 212 Å². The number of methoxy groups -OCH3 is 1. The molecular formula is C24H27FN4O7S. The van der Waals surface area contributed by atoms with Crippen molar-refractivity contribution in [1.29, 1.82) is 0 Å². The Morgan fingerprint density at radius 2 is 2.11 bits per heavy atom. The molecule has 2 atom stereocenters. The topological polar surface area (TPSA) is 149 Å². The second-order valence-corrected chi connectivity index (χ2v) is 10.4. The van der Waals surface area contributed by atoms with Crippen molar-refractivity contribution in [3.63, 3.8) is 0 Å². The zero-order valence-corrected chi connectivity index (χ0v) is 21.1. The minimum absolute atomic E-state index is 0.0223. The predicted octanol–water partition coefficient (Wildman–Crippen LogP) is 1.48. The average Bonchev–Trinajstić information content (AvgIpc) is 3.29. The van der Waals surface area contributed by atoms with Crippen LogP contribution in [-0.4, -0.2) is 63.0 Å². The van der Waals surface area contributed by atoms with Crippen LogP contribution in [0.2, 0.25) is 0 Å². The van der Waals surface area contributed by atoms with Gasteiger partial charge in [0.05, 0.1) is 38.2 Å². The summed E-state index contributed by atoms with van der Waals surface area (Å²) in [6, 6.07) is 9.21. The van der Waals surface area contributed by atoms with Crippen LogP contribution in [0.15, 0.2) is 41.2 Å². The molecule has 3 aromatic rings. The lowest BCUT2D eigenvalue weighted by Gasteiger charge is -2.13. The van der Waals surface area contributed by atoms with Gasteiger partial charge >= 0.3 is 0 Å². The van der Waals surface area contributed by atoms with Crippen LogP contribution < -0.4 is 25.1 Å². The van der Waals surface area contributed by atoms with Gasteiger partial charge in [-0.15, -0.1) is 0 Å². The first kappa shape index (κ1) is 26.5. The van der Waals surface area contributed by atoms with E-state index in [2.05, 4.69) is 20.0 Å². The van der Waals surface area contributed by atoms with E-state index < -0.39 is 27.3 Å². The van der Waals surface area contributed by atoms with Crippen molar-refractivity contribution in [1.82, 2.24) is 20.0 Å².